The molecule has 2 heterocycles. The summed E-state index contributed by atoms with van der Waals surface area (Å²) >= 11 is 0. The fourth-order valence-corrected chi connectivity index (χ4v) is 4.15. The molecule has 6 heteroatoms. The van der Waals surface area contributed by atoms with Crippen molar-refractivity contribution in [3.8, 4) is 0 Å². The first kappa shape index (κ1) is 25.4. The molecule has 0 spiro atoms. The molecule has 3 N–H and O–H groups in total. The first-order chi connectivity index (χ1) is 17.8. The zero-order valence-corrected chi connectivity index (χ0v) is 20.6. The molecule has 2 aromatic rings. The van der Waals surface area contributed by atoms with Crippen molar-refractivity contribution in [2.75, 3.05) is 38.2 Å². The second-order valence-corrected chi connectivity index (χ2v) is 8.82. The molecule has 0 radical (unpaired) electrons. The van der Waals surface area contributed by atoms with Gasteiger partial charge in [0.1, 0.15) is 0 Å². The van der Waals surface area contributed by atoms with E-state index in [0.29, 0.717) is 5.92 Å². The number of rotatable bonds is 10. The van der Waals surface area contributed by atoms with Crippen LogP contribution in [0.4, 0.5) is 5.69 Å². The van der Waals surface area contributed by atoms with Crippen LogP contribution in [0.5, 0.6) is 0 Å². The Morgan fingerprint density at radius 2 is 1.94 bits per heavy atom. The van der Waals surface area contributed by atoms with Crippen molar-refractivity contribution in [2.45, 2.75) is 13.0 Å². The Bertz CT molecular complexity index is 1120. The summed E-state index contributed by atoms with van der Waals surface area (Å²) in [6.45, 7) is 5.35. The second kappa shape index (κ2) is 14.0. The van der Waals surface area contributed by atoms with Crippen molar-refractivity contribution in [1.29, 1.82) is 5.41 Å². The van der Waals surface area contributed by atoms with Crippen LogP contribution >= 0.6 is 0 Å². The van der Waals surface area contributed by atoms with Gasteiger partial charge in [-0.25, -0.2) is 0 Å². The summed E-state index contributed by atoms with van der Waals surface area (Å²) in [5.74, 6) is 0.319. The number of anilines is 1. The van der Waals surface area contributed by atoms with Crippen LogP contribution in [0.1, 0.15) is 23.1 Å². The third kappa shape index (κ3) is 7.90. The fourth-order valence-electron chi connectivity index (χ4n) is 4.15. The first-order valence-electron chi connectivity index (χ1n) is 12.5. The molecule has 1 atom stereocenters. The maximum Gasteiger partial charge on any atom is 0.0594 e. The van der Waals surface area contributed by atoms with Crippen LogP contribution in [-0.2, 0) is 11.3 Å². The van der Waals surface area contributed by atoms with Gasteiger partial charge in [0.2, 0.25) is 0 Å². The second-order valence-electron chi connectivity index (χ2n) is 8.82. The molecule has 1 aliphatic carbocycles. The Hall–Kier alpha value is -3.74. The number of allylic oxidation sites excluding steroid dienone is 5. The van der Waals surface area contributed by atoms with Crippen LogP contribution in [0.15, 0.2) is 91.6 Å². The number of hydrogen-bond donors (Lipinski definition) is 3. The fraction of sp³-hybridized carbons (Fsp3) is 0.267. The minimum absolute atomic E-state index is 0.319. The van der Waals surface area contributed by atoms with Crippen molar-refractivity contribution in [1.82, 2.24) is 15.2 Å². The minimum atomic E-state index is 0.319. The Morgan fingerprint density at radius 1 is 1.08 bits per heavy atom. The van der Waals surface area contributed by atoms with E-state index in [9.17, 15) is 0 Å². The molecule has 0 amide bonds. The van der Waals surface area contributed by atoms with Gasteiger partial charge < -0.3 is 20.8 Å². The average molecular weight is 482 g/mol. The van der Waals surface area contributed by atoms with E-state index < -0.39 is 0 Å². The van der Waals surface area contributed by atoms with Gasteiger partial charge in [-0.2, -0.15) is 0 Å². The first-order valence-corrected chi connectivity index (χ1v) is 12.5. The molecule has 1 unspecified atom stereocenters. The number of ether oxygens (including phenoxy) is 1. The summed E-state index contributed by atoms with van der Waals surface area (Å²) in [6.07, 6.45) is 24.6. The molecule has 0 saturated carbocycles. The van der Waals surface area contributed by atoms with Gasteiger partial charge in [0.15, 0.2) is 0 Å². The van der Waals surface area contributed by atoms with Gasteiger partial charge in [-0.1, -0.05) is 48.6 Å². The topological polar surface area (TPSA) is 73.3 Å². The van der Waals surface area contributed by atoms with Crippen LogP contribution in [-0.4, -0.2) is 48.9 Å². The number of nitrogens with zero attached hydrogens (tertiary/aromatic N) is 2. The molecule has 1 saturated heterocycles. The summed E-state index contributed by atoms with van der Waals surface area (Å²) in [5, 5.41) is 14.7. The smallest absolute Gasteiger partial charge is 0.0594 e. The lowest BCUT2D eigenvalue weighted by molar-refractivity contribution is 0.0342. The number of pyridine rings is 1. The third-order valence-electron chi connectivity index (χ3n) is 6.17. The molecule has 1 fully saturated rings. The van der Waals surface area contributed by atoms with E-state index >= 15 is 0 Å². The predicted molar refractivity (Wildman–Crippen MR) is 150 cm³/mol. The lowest BCUT2D eigenvalue weighted by Crippen LogP contribution is -2.35. The molecule has 0 bridgehead atoms. The summed E-state index contributed by atoms with van der Waals surface area (Å²) in [6, 6.07) is 10.5. The molecule has 36 heavy (non-hydrogen) atoms. The van der Waals surface area contributed by atoms with Crippen molar-refractivity contribution in [3.63, 3.8) is 0 Å². The largest absolute Gasteiger partial charge is 0.389 e. The van der Waals surface area contributed by atoms with Gasteiger partial charge >= 0.3 is 0 Å². The van der Waals surface area contributed by atoms with Gasteiger partial charge in [-0.3, -0.25) is 9.88 Å². The summed E-state index contributed by atoms with van der Waals surface area (Å²) < 4.78 is 5.43. The molecular formula is C30H35N5O. The minimum Gasteiger partial charge on any atom is -0.389 e. The lowest BCUT2D eigenvalue weighted by atomic mass is 10.0. The average Bonchev–Trinajstić information content (AvgIpc) is 2.90. The molecule has 2 aliphatic rings. The standard InChI is InChI=1S/C30H35N5O/c31-20-28(23-33-21-25-6-4-2-1-3-5-7-25)30-13-14-32-22-27(30)12-15-34-29-10-8-26(9-11-29)24-35-16-18-36-19-17-35/h1-2,4-15,20,22-23,25,31,33-34H,3,16-19,21,24H2/b2-1-,6-4?,7-5-,15-12+,28-23+,31-20?. The SMILES string of the molecule is N=C/C(=C\NCC1C=C/C=C\C/C=C\1)c1ccncc1/C=C/Nc1ccc(CN2CCOCC2)cc1. The number of nitrogens with one attached hydrogen (secondary N) is 3. The summed E-state index contributed by atoms with van der Waals surface area (Å²) in [4.78, 5) is 6.71. The lowest BCUT2D eigenvalue weighted by Gasteiger charge is -2.26. The third-order valence-corrected chi connectivity index (χ3v) is 6.17. The van der Waals surface area contributed by atoms with E-state index in [2.05, 4.69) is 81.2 Å². The highest BCUT2D eigenvalue weighted by atomic mass is 16.5. The number of benzene rings is 1. The highest BCUT2D eigenvalue weighted by Gasteiger charge is 2.10. The Kier molecular flexibility index (Phi) is 9.84. The summed E-state index contributed by atoms with van der Waals surface area (Å²) in [7, 11) is 0. The molecule has 1 aliphatic heterocycles. The van der Waals surface area contributed by atoms with E-state index in [1.54, 1.807) is 6.20 Å². The van der Waals surface area contributed by atoms with Crippen molar-refractivity contribution in [2.24, 2.45) is 5.92 Å². The monoisotopic (exact) mass is 481 g/mol. The molecular weight excluding hydrogens is 446 g/mol. The van der Waals surface area contributed by atoms with Gasteiger partial charge in [0, 0.05) is 79.9 Å². The van der Waals surface area contributed by atoms with E-state index in [4.69, 9.17) is 10.1 Å². The van der Waals surface area contributed by atoms with Crippen molar-refractivity contribution in [3.05, 3.63) is 108 Å². The molecule has 6 nitrogen and oxygen atoms in total. The zero-order chi connectivity index (χ0) is 24.8. The van der Waals surface area contributed by atoms with Gasteiger partial charge in [-0.05, 0) is 41.8 Å². The number of morpholine rings is 1. The van der Waals surface area contributed by atoms with Crippen LogP contribution in [0, 0.1) is 11.3 Å². The maximum absolute atomic E-state index is 7.96. The van der Waals surface area contributed by atoms with Gasteiger partial charge in [0.25, 0.3) is 0 Å². The van der Waals surface area contributed by atoms with Crippen molar-refractivity contribution >= 4 is 23.6 Å². The van der Waals surface area contributed by atoms with Crippen LogP contribution in [0.2, 0.25) is 0 Å². The Balaban J connectivity index is 1.35. The summed E-state index contributed by atoms with van der Waals surface area (Å²) in [5.41, 5.74) is 5.04. The van der Waals surface area contributed by atoms with Crippen LogP contribution in [0.25, 0.3) is 11.6 Å². The van der Waals surface area contributed by atoms with E-state index in [-0.39, 0.29) is 0 Å². The van der Waals surface area contributed by atoms with Gasteiger partial charge in [0.05, 0.1) is 13.2 Å². The normalized spacial score (nSPS) is 20.4. The Morgan fingerprint density at radius 3 is 2.78 bits per heavy atom. The van der Waals surface area contributed by atoms with E-state index in [0.717, 1.165) is 68.2 Å². The van der Waals surface area contributed by atoms with Gasteiger partial charge in [-0.15, -0.1) is 0 Å². The molecule has 1 aromatic heterocycles. The molecule has 186 valence electrons. The van der Waals surface area contributed by atoms with E-state index in [1.165, 1.54) is 11.8 Å². The zero-order valence-electron chi connectivity index (χ0n) is 20.6. The van der Waals surface area contributed by atoms with Crippen molar-refractivity contribution < 1.29 is 4.74 Å². The van der Waals surface area contributed by atoms with Crippen LogP contribution < -0.4 is 10.6 Å². The number of aromatic nitrogens is 1. The highest BCUT2D eigenvalue weighted by molar-refractivity contribution is 6.09. The highest BCUT2D eigenvalue weighted by Crippen LogP contribution is 2.19. The van der Waals surface area contributed by atoms with E-state index in [1.807, 2.05) is 30.7 Å². The maximum atomic E-state index is 7.96. The Labute approximate surface area is 214 Å². The predicted octanol–water partition coefficient (Wildman–Crippen LogP) is 5.27. The van der Waals surface area contributed by atoms with Crippen LogP contribution in [0.3, 0.4) is 0 Å². The molecule has 4 rings (SSSR count). The quantitative estimate of drug-likeness (QED) is 0.319. The number of hydrogen-bond acceptors (Lipinski definition) is 6. The molecule has 1 aromatic carbocycles.